The first-order chi connectivity index (χ1) is 12.5. The summed E-state index contributed by atoms with van der Waals surface area (Å²) >= 11 is 11.1. The van der Waals surface area contributed by atoms with Crippen LogP contribution in [0.5, 0.6) is 11.8 Å². The van der Waals surface area contributed by atoms with Crippen LogP contribution in [-0.4, -0.2) is 34.2 Å². The molecule has 0 saturated carbocycles. The normalized spacial score (nSPS) is 9.92. The summed E-state index contributed by atoms with van der Waals surface area (Å²) in [6, 6.07) is 5.10. The molecule has 3 aromatic rings. The molecule has 136 valence electrons. The second kappa shape index (κ2) is 9.21. The molecule has 0 aliphatic rings. The van der Waals surface area contributed by atoms with Crippen LogP contribution in [0.2, 0.25) is 10.2 Å². The van der Waals surface area contributed by atoms with Gasteiger partial charge in [0, 0.05) is 12.1 Å². The van der Waals surface area contributed by atoms with E-state index in [0.29, 0.717) is 11.0 Å². The number of hydrogen-bond donors (Lipinski definition) is 0. The van der Waals surface area contributed by atoms with Crippen LogP contribution in [0, 0.1) is 11.6 Å². The van der Waals surface area contributed by atoms with Gasteiger partial charge in [-0.3, -0.25) is 0 Å². The molecule has 0 bridgehead atoms. The van der Waals surface area contributed by atoms with Crippen LogP contribution < -0.4 is 9.47 Å². The summed E-state index contributed by atoms with van der Waals surface area (Å²) in [5.74, 6) is -0.899. The zero-order chi connectivity index (χ0) is 19.1. The molecule has 0 N–H and O–H groups in total. The number of benzene rings is 1. The summed E-state index contributed by atoms with van der Waals surface area (Å²) in [6.45, 7) is 0. The number of rotatable bonds is 3. The van der Waals surface area contributed by atoms with Crippen LogP contribution in [0.15, 0.2) is 36.9 Å². The molecule has 3 rings (SSSR count). The number of methoxy groups -OCH3 is 2. The van der Waals surface area contributed by atoms with Gasteiger partial charge in [0.25, 0.3) is 0 Å². The van der Waals surface area contributed by atoms with Crippen molar-refractivity contribution in [2.24, 2.45) is 0 Å². The van der Waals surface area contributed by atoms with Gasteiger partial charge in [-0.2, -0.15) is 0 Å². The van der Waals surface area contributed by atoms with Gasteiger partial charge in [0.1, 0.15) is 23.6 Å². The van der Waals surface area contributed by atoms with Crippen molar-refractivity contribution < 1.29 is 18.3 Å². The van der Waals surface area contributed by atoms with Gasteiger partial charge in [0.05, 0.1) is 30.5 Å². The Labute approximate surface area is 157 Å². The van der Waals surface area contributed by atoms with Gasteiger partial charge >= 0.3 is 0 Å². The first kappa shape index (κ1) is 19.7. The molecule has 26 heavy (non-hydrogen) atoms. The van der Waals surface area contributed by atoms with Crippen molar-refractivity contribution in [2.75, 3.05) is 14.2 Å². The second-order valence-corrected chi connectivity index (χ2v) is 5.34. The van der Waals surface area contributed by atoms with Crippen LogP contribution in [0.4, 0.5) is 8.78 Å². The molecule has 0 fully saturated rings. The number of nitrogens with zero attached hydrogens (tertiary/aromatic N) is 4. The van der Waals surface area contributed by atoms with Crippen molar-refractivity contribution >= 4 is 23.2 Å². The molecule has 0 saturated heterocycles. The van der Waals surface area contributed by atoms with E-state index < -0.39 is 11.6 Å². The highest BCUT2D eigenvalue weighted by molar-refractivity contribution is 6.31. The third-order valence-electron chi connectivity index (χ3n) is 2.97. The fourth-order valence-electron chi connectivity index (χ4n) is 1.78. The lowest BCUT2D eigenvalue weighted by Gasteiger charge is -2.06. The highest BCUT2D eigenvalue weighted by Gasteiger charge is 2.16. The summed E-state index contributed by atoms with van der Waals surface area (Å²) in [4.78, 5) is 14.9. The smallest absolute Gasteiger partial charge is 0.217 e. The van der Waals surface area contributed by atoms with Gasteiger partial charge in [-0.05, 0) is 12.1 Å². The lowest BCUT2D eigenvalue weighted by atomic mass is 10.1. The third kappa shape index (κ3) is 4.96. The number of ether oxygens (including phenoxy) is 2. The van der Waals surface area contributed by atoms with E-state index in [-0.39, 0.29) is 22.2 Å². The van der Waals surface area contributed by atoms with E-state index in [1.807, 2.05) is 0 Å². The van der Waals surface area contributed by atoms with Gasteiger partial charge in [-0.25, -0.2) is 28.7 Å². The van der Waals surface area contributed by atoms with Crippen molar-refractivity contribution in [2.45, 2.75) is 0 Å². The van der Waals surface area contributed by atoms with E-state index in [4.69, 9.17) is 32.7 Å². The average molecular weight is 401 g/mol. The standard InChI is InChI=1S/C11H7ClF2N2O.C5H5ClN2O/c1-17-9-4-8(15-5-16-9)10-7(13)3-2-6(12)11(10)14;1-9-5-2-4(6)7-3-8-5/h2-5H,1H3;2-3H,1H3. The Morgan fingerprint density at radius 3 is 2.04 bits per heavy atom. The molecule has 10 heteroatoms. The number of hydrogen-bond acceptors (Lipinski definition) is 6. The summed E-state index contributed by atoms with van der Waals surface area (Å²) in [5.41, 5.74) is -0.215. The molecule has 0 aliphatic heterocycles. The maximum atomic E-state index is 13.7. The zero-order valence-electron chi connectivity index (χ0n) is 13.6. The van der Waals surface area contributed by atoms with E-state index >= 15 is 0 Å². The predicted octanol–water partition coefficient (Wildman–Crippen LogP) is 4.22. The molecule has 0 atom stereocenters. The molecule has 6 nitrogen and oxygen atoms in total. The number of aromatic nitrogens is 4. The Hall–Kier alpha value is -2.58. The van der Waals surface area contributed by atoms with E-state index in [2.05, 4.69) is 19.9 Å². The van der Waals surface area contributed by atoms with Crippen molar-refractivity contribution in [1.29, 1.82) is 0 Å². The molecular formula is C16H12Cl2F2N4O2. The van der Waals surface area contributed by atoms with E-state index in [9.17, 15) is 8.78 Å². The molecule has 0 aliphatic carbocycles. The van der Waals surface area contributed by atoms with Crippen LogP contribution in [-0.2, 0) is 0 Å². The summed E-state index contributed by atoms with van der Waals surface area (Å²) in [5, 5.41) is 0.223. The first-order valence-corrected chi connectivity index (χ1v) is 7.73. The lowest BCUT2D eigenvalue weighted by Crippen LogP contribution is -1.96. The Balaban J connectivity index is 0.000000228. The fraction of sp³-hybridized carbons (Fsp3) is 0.125. The molecule has 2 aromatic heterocycles. The minimum Gasteiger partial charge on any atom is -0.481 e. The molecular weight excluding hydrogens is 389 g/mol. The SMILES string of the molecule is COc1cc(-c2c(F)ccc(Cl)c2F)ncn1.COc1cc(Cl)ncn1. The quantitative estimate of drug-likeness (QED) is 0.484. The lowest BCUT2D eigenvalue weighted by molar-refractivity contribution is 0.396. The third-order valence-corrected chi connectivity index (χ3v) is 3.47. The largest absolute Gasteiger partial charge is 0.481 e. The fourth-order valence-corrected chi connectivity index (χ4v) is 2.07. The molecule has 0 spiro atoms. The van der Waals surface area contributed by atoms with Gasteiger partial charge in [-0.1, -0.05) is 23.2 Å². The molecule has 1 aromatic carbocycles. The van der Waals surface area contributed by atoms with Crippen molar-refractivity contribution in [3.8, 4) is 23.0 Å². The van der Waals surface area contributed by atoms with Gasteiger partial charge < -0.3 is 9.47 Å². The summed E-state index contributed by atoms with van der Waals surface area (Å²) < 4.78 is 36.9. The minimum atomic E-state index is -0.854. The Bertz CT molecular complexity index is 900. The molecule has 0 unspecified atom stereocenters. The highest BCUT2D eigenvalue weighted by atomic mass is 35.5. The van der Waals surface area contributed by atoms with Crippen LogP contribution in [0.3, 0.4) is 0 Å². The molecule has 0 radical (unpaired) electrons. The maximum absolute atomic E-state index is 13.7. The Morgan fingerprint density at radius 1 is 0.846 bits per heavy atom. The zero-order valence-corrected chi connectivity index (χ0v) is 15.1. The predicted molar refractivity (Wildman–Crippen MR) is 92.5 cm³/mol. The number of halogens is 4. The van der Waals surface area contributed by atoms with Gasteiger partial charge in [0.2, 0.25) is 11.8 Å². The summed E-state index contributed by atoms with van der Waals surface area (Å²) in [7, 11) is 2.93. The Morgan fingerprint density at radius 2 is 1.46 bits per heavy atom. The van der Waals surface area contributed by atoms with E-state index in [1.54, 1.807) is 6.07 Å². The monoisotopic (exact) mass is 400 g/mol. The van der Waals surface area contributed by atoms with Crippen molar-refractivity contribution in [3.63, 3.8) is 0 Å². The van der Waals surface area contributed by atoms with Crippen molar-refractivity contribution in [3.05, 3.63) is 58.7 Å². The van der Waals surface area contributed by atoms with Crippen LogP contribution in [0.25, 0.3) is 11.3 Å². The van der Waals surface area contributed by atoms with Gasteiger partial charge in [-0.15, -0.1) is 0 Å². The molecule has 2 heterocycles. The van der Waals surface area contributed by atoms with Crippen LogP contribution in [0.1, 0.15) is 0 Å². The summed E-state index contributed by atoms with van der Waals surface area (Å²) in [6.07, 6.45) is 2.51. The van der Waals surface area contributed by atoms with E-state index in [1.165, 1.54) is 26.6 Å². The Kier molecular flexibility index (Phi) is 6.99. The van der Waals surface area contributed by atoms with Gasteiger partial charge in [0.15, 0.2) is 5.82 Å². The first-order valence-electron chi connectivity index (χ1n) is 6.97. The highest BCUT2D eigenvalue weighted by Crippen LogP contribution is 2.30. The van der Waals surface area contributed by atoms with Crippen molar-refractivity contribution in [1.82, 2.24) is 19.9 Å². The molecule has 0 amide bonds. The topological polar surface area (TPSA) is 70.0 Å². The maximum Gasteiger partial charge on any atom is 0.217 e. The second-order valence-electron chi connectivity index (χ2n) is 4.55. The van der Waals surface area contributed by atoms with E-state index in [0.717, 1.165) is 18.5 Å². The van der Waals surface area contributed by atoms with Crippen LogP contribution >= 0.6 is 23.2 Å². The average Bonchev–Trinajstić information content (AvgIpc) is 2.66. The minimum absolute atomic E-state index is 0.0781.